The minimum absolute atomic E-state index is 0.129. The van der Waals surface area contributed by atoms with Crippen molar-refractivity contribution in [3.63, 3.8) is 0 Å². The normalized spacial score (nSPS) is 10.8. The third kappa shape index (κ3) is 2.16. The number of hydrogen-bond acceptors (Lipinski definition) is 4. The number of carbonyl (C=O) groups excluding carboxylic acids is 1. The summed E-state index contributed by atoms with van der Waals surface area (Å²) in [7, 11) is 1.54. The SMILES string of the molecule is CCn1ncc(OC)c1C(=O)c1cccc2cccnc12. The van der Waals surface area contributed by atoms with Crippen LogP contribution in [0, 0.1) is 0 Å². The number of rotatable bonds is 4. The Morgan fingerprint density at radius 3 is 2.86 bits per heavy atom. The van der Waals surface area contributed by atoms with Gasteiger partial charge in [0, 0.05) is 18.1 Å². The lowest BCUT2D eigenvalue weighted by Crippen LogP contribution is -2.12. The minimum atomic E-state index is -0.129. The molecule has 3 rings (SSSR count). The van der Waals surface area contributed by atoms with Gasteiger partial charge in [-0.15, -0.1) is 0 Å². The Kier molecular flexibility index (Phi) is 3.39. The van der Waals surface area contributed by atoms with Crippen molar-refractivity contribution >= 4 is 16.7 Å². The summed E-state index contributed by atoms with van der Waals surface area (Å²) in [5.74, 6) is 0.352. The summed E-state index contributed by atoms with van der Waals surface area (Å²) >= 11 is 0. The van der Waals surface area contributed by atoms with Crippen molar-refractivity contribution in [3.05, 3.63) is 54.0 Å². The van der Waals surface area contributed by atoms with Crippen molar-refractivity contribution < 1.29 is 9.53 Å². The molecule has 0 bridgehead atoms. The summed E-state index contributed by atoms with van der Waals surface area (Å²) < 4.78 is 6.90. The topological polar surface area (TPSA) is 57.0 Å². The van der Waals surface area contributed by atoms with E-state index in [-0.39, 0.29) is 5.78 Å². The molecule has 0 N–H and O–H groups in total. The highest BCUT2D eigenvalue weighted by molar-refractivity contribution is 6.15. The maximum Gasteiger partial charge on any atom is 0.217 e. The lowest BCUT2D eigenvalue weighted by Gasteiger charge is -2.08. The Hall–Kier alpha value is -2.69. The first-order valence-electron chi connectivity index (χ1n) is 6.74. The van der Waals surface area contributed by atoms with Gasteiger partial charge in [0.15, 0.2) is 11.4 Å². The Morgan fingerprint density at radius 2 is 2.10 bits per heavy atom. The fourth-order valence-electron chi connectivity index (χ4n) is 2.40. The summed E-state index contributed by atoms with van der Waals surface area (Å²) in [5, 5.41) is 5.12. The Bertz CT molecular complexity index is 781. The summed E-state index contributed by atoms with van der Waals surface area (Å²) in [5.41, 5.74) is 1.70. The lowest BCUT2D eigenvalue weighted by molar-refractivity contribution is 0.102. The minimum Gasteiger partial charge on any atom is -0.493 e. The van der Waals surface area contributed by atoms with Gasteiger partial charge in [0.2, 0.25) is 5.78 Å². The molecule has 2 aromatic heterocycles. The first kappa shape index (κ1) is 13.3. The molecule has 0 radical (unpaired) electrons. The Balaban J connectivity index is 2.20. The molecule has 0 unspecified atom stereocenters. The monoisotopic (exact) mass is 281 g/mol. The number of fused-ring (bicyclic) bond motifs is 1. The van der Waals surface area contributed by atoms with Crippen molar-refractivity contribution in [1.82, 2.24) is 14.8 Å². The van der Waals surface area contributed by atoms with E-state index in [1.165, 1.54) is 7.11 Å². The van der Waals surface area contributed by atoms with Gasteiger partial charge in [-0.2, -0.15) is 5.10 Å². The van der Waals surface area contributed by atoms with Crippen molar-refractivity contribution in [2.45, 2.75) is 13.5 Å². The molecule has 106 valence electrons. The van der Waals surface area contributed by atoms with Crippen molar-refractivity contribution in [1.29, 1.82) is 0 Å². The van der Waals surface area contributed by atoms with E-state index in [0.29, 0.717) is 29.1 Å². The molecular formula is C16H15N3O2. The predicted molar refractivity (Wildman–Crippen MR) is 79.6 cm³/mol. The van der Waals surface area contributed by atoms with Gasteiger partial charge in [-0.05, 0) is 19.1 Å². The van der Waals surface area contributed by atoms with E-state index < -0.39 is 0 Å². The van der Waals surface area contributed by atoms with E-state index in [1.807, 2.05) is 31.2 Å². The highest BCUT2D eigenvalue weighted by atomic mass is 16.5. The number of carbonyl (C=O) groups is 1. The van der Waals surface area contributed by atoms with Crippen LogP contribution in [0.2, 0.25) is 0 Å². The number of hydrogen-bond donors (Lipinski definition) is 0. The molecule has 2 heterocycles. The van der Waals surface area contributed by atoms with Crippen LogP contribution in [0.25, 0.3) is 10.9 Å². The lowest BCUT2D eigenvalue weighted by atomic mass is 10.0. The number of ketones is 1. The molecule has 5 nitrogen and oxygen atoms in total. The molecule has 0 atom stereocenters. The number of nitrogens with zero attached hydrogens (tertiary/aromatic N) is 3. The largest absolute Gasteiger partial charge is 0.493 e. The predicted octanol–water partition coefficient (Wildman–Crippen LogP) is 2.69. The van der Waals surface area contributed by atoms with Gasteiger partial charge in [0.05, 0.1) is 24.4 Å². The molecule has 5 heteroatoms. The number of para-hydroxylation sites is 1. The molecule has 1 aromatic carbocycles. The van der Waals surface area contributed by atoms with Crippen LogP contribution in [0.15, 0.2) is 42.7 Å². The van der Waals surface area contributed by atoms with E-state index in [1.54, 1.807) is 23.1 Å². The van der Waals surface area contributed by atoms with Gasteiger partial charge in [-0.3, -0.25) is 14.5 Å². The molecule has 3 aromatic rings. The smallest absolute Gasteiger partial charge is 0.217 e. The van der Waals surface area contributed by atoms with E-state index in [9.17, 15) is 4.79 Å². The van der Waals surface area contributed by atoms with Crippen molar-refractivity contribution in [3.8, 4) is 5.75 Å². The van der Waals surface area contributed by atoms with E-state index >= 15 is 0 Å². The quantitative estimate of drug-likeness (QED) is 0.690. The fraction of sp³-hybridized carbons (Fsp3) is 0.188. The third-order valence-electron chi connectivity index (χ3n) is 3.42. The summed E-state index contributed by atoms with van der Waals surface area (Å²) in [6.07, 6.45) is 3.25. The second-order valence-corrected chi connectivity index (χ2v) is 4.59. The number of aryl methyl sites for hydroxylation is 1. The number of ether oxygens (including phenoxy) is 1. The van der Waals surface area contributed by atoms with Gasteiger partial charge >= 0.3 is 0 Å². The van der Waals surface area contributed by atoms with E-state index in [0.717, 1.165) is 5.39 Å². The zero-order valence-electron chi connectivity index (χ0n) is 11.9. The average molecular weight is 281 g/mol. The Labute approximate surface area is 122 Å². The molecule has 0 aliphatic rings. The van der Waals surface area contributed by atoms with Crippen LogP contribution in [0.4, 0.5) is 0 Å². The highest BCUT2D eigenvalue weighted by Gasteiger charge is 2.22. The zero-order valence-corrected chi connectivity index (χ0v) is 11.9. The second kappa shape index (κ2) is 5.36. The number of pyridine rings is 1. The molecule has 0 fully saturated rings. The number of benzene rings is 1. The summed E-state index contributed by atoms with van der Waals surface area (Å²) in [6.45, 7) is 2.53. The van der Waals surface area contributed by atoms with Crippen LogP contribution in [0.3, 0.4) is 0 Å². The third-order valence-corrected chi connectivity index (χ3v) is 3.42. The van der Waals surface area contributed by atoms with Crippen molar-refractivity contribution in [2.24, 2.45) is 0 Å². The number of methoxy groups -OCH3 is 1. The Morgan fingerprint density at radius 1 is 1.29 bits per heavy atom. The molecule has 0 spiro atoms. The first-order chi connectivity index (χ1) is 10.3. The number of aromatic nitrogens is 3. The maximum atomic E-state index is 12.9. The van der Waals surface area contributed by atoms with Gasteiger partial charge in [0.25, 0.3) is 0 Å². The zero-order chi connectivity index (χ0) is 14.8. The van der Waals surface area contributed by atoms with E-state index in [4.69, 9.17) is 4.74 Å². The van der Waals surface area contributed by atoms with Crippen LogP contribution in [-0.2, 0) is 6.54 Å². The summed E-state index contributed by atoms with van der Waals surface area (Å²) in [6, 6.07) is 9.37. The maximum absolute atomic E-state index is 12.9. The highest BCUT2D eigenvalue weighted by Crippen LogP contribution is 2.24. The summed E-state index contributed by atoms with van der Waals surface area (Å²) in [4.78, 5) is 17.2. The molecular weight excluding hydrogens is 266 g/mol. The van der Waals surface area contributed by atoms with Crippen LogP contribution in [0.5, 0.6) is 5.75 Å². The average Bonchev–Trinajstić information content (AvgIpc) is 2.96. The van der Waals surface area contributed by atoms with Gasteiger partial charge < -0.3 is 4.74 Å². The first-order valence-corrected chi connectivity index (χ1v) is 6.74. The molecule has 0 saturated heterocycles. The van der Waals surface area contributed by atoms with Crippen LogP contribution >= 0.6 is 0 Å². The molecule has 0 saturated carbocycles. The van der Waals surface area contributed by atoms with Crippen LogP contribution in [0.1, 0.15) is 23.0 Å². The van der Waals surface area contributed by atoms with Crippen LogP contribution < -0.4 is 4.74 Å². The molecule has 0 amide bonds. The van der Waals surface area contributed by atoms with Crippen molar-refractivity contribution in [2.75, 3.05) is 7.11 Å². The van der Waals surface area contributed by atoms with Gasteiger partial charge in [-0.25, -0.2) is 0 Å². The van der Waals surface area contributed by atoms with E-state index in [2.05, 4.69) is 10.1 Å². The molecule has 21 heavy (non-hydrogen) atoms. The fourth-order valence-corrected chi connectivity index (χ4v) is 2.40. The molecule has 0 aliphatic carbocycles. The van der Waals surface area contributed by atoms with Crippen LogP contribution in [-0.4, -0.2) is 27.7 Å². The van der Waals surface area contributed by atoms with Gasteiger partial charge in [0.1, 0.15) is 0 Å². The van der Waals surface area contributed by atoms with Gasteiger partial charge in [-0.1, -0.05) is 18.2 Å². The standard InChI is InChI=1S/C16H15N3O2/c1-3-19-15(13(21-2)10-18-19)16(20)12-8-4-6-11-7-5-9-17-14(11)12/h4-10H,3H2,1-2H3. The molecule has 0 aliphatic heterocycles. The second-order valence-electron chi connectivity index (χ2n) is 4.59.